The SMILES string of the molecule is C=C(CCCC(C)(C)C#CCC)OCCN1C(C)(C)CC(O)CC1(C)C. The monoisotopic (exact) mass is 363 g/mol. The van der Waals surface area contributed by atoms with E-state index in [1.54, 1.807) is 0 Å². The number of hydrogen-bond donors (Lipinski definition) is 1. The van der Waals surface area contributed by atoms with Crippen LogP contribution in [0.1, 0.15) is 87.0 Å². The van der Waals surface area contributed by atoms with Crippen LogP contribution in [0.25, 0.3) is 0 Å². The molecule has 1 fully saturated rings. The van der Waals surface area contributed by atoms with Gasteiger partial charge in [0, 0.05) is 35.9 Å². The smallest absolute Gasteiger partial charge is 0.100 e. The second kappa shape index (κ2) is 9.29. The molecule has 0 aromatic heterocycles. The Morgan fingerprint density at radius 1 is 1.23 bits per heavy atom. The van der Waals surface area contributed by atoms with Crippen LogP contribution >= 0.6 is 0 Å². The van der Waals surface area contributed by atoms with Crippen LogP contribution in [0.5, 0.6) is 0 Å². The summed E-state index contributed by atoms with van der Waals surface area (Å²) < 4.78 is 5.92. The van der Waals surface area contributed by atoms with Crippen molar-refractivity contribution in [3.63, 3.8) is 0 Å². The Kier molecular flexibility index (Phi) is 8.24. The molecule has 1 heterocycles. The van der Waals surface area contributed by atoms with Gasteiger partial charge in [0.25, 0.3) is 0 Å². The molecule has 0 spiro atoms. The van der Waals surface area contributed by atoms with E-state index < -0.39 is 0 Å². The van der Waals surface area contributed by atoms with Crippen molar-refractivity contribution in [3.05, 3.63) is 12.3 Å². The third kappa shape index (κ3) is 7.33. The Labute approximate surface area is 162 Å². The predicted molar refractivity (Wildman–Crippen MR) is 111 cm³/mol. The third-order valence-electron chi connectivity index (χ3n) is 5.41. The Bertz CT molecular complexity index is 504. The number of likely N-dealkylation sites (tertiary alicyclic amines) is 1. The van der Waals surface area contributed by atoms with Crippen molar-refractivity contribution in [2.24, 2.45) is 5.41 Å². The Hall–Kier alpha value is -0.980. The van der Waals surface area contributed by atoms with Crippen LogP contribution < -0.4 is 0 Å². The minimum atomic E-state index is -0.216. The van der Waals surface area contributed by atoms with Gasteiger partial charge < -0.3 is 9.84 Å². The molecule has 0 aromatic rings. The molecule has 0 unspecified atom stereocenters. The molecular formula is C23H41NO2. The van der Waals surface area contributed by atoms with Crippen molar-refractivity contribution in [2.75, 3.05) is 13.2 Å². The van der Waals surface area contributed by atoms with E-state index in [2.05, 4.69) is 71.8 Å². The normalized spacial score (nSPS) is 20.3. The summed E-state index contributed by atoms with van der Waals surface area (Å²) in [6.45, 7) is 20.9. The number of aliphatic hydroxyl groups is 1. The van der Waals surface area contributed by atoms with Gasteiger partial charge in [-0.25, -0.2) is 0 Å². The summed E-state index contributed by atoms with van der Waals surface area (Å²) in [5.74, 6) is 7.40. The highest BCUT2D eigenvalue weighted by molar-refractivity contribution is 5.08. The summed E-state index contributed by atoms with van der Waals surface area (Å²) in [5.41, 5.74) is 0.0284. The van der Waals surface area contributed by atoms with Gasteiger partial charge in [-0.05, 0) is 67.2 Å². The van der Waals surface area contributed by atoms with E-state index in [-0.39, 0.29) is 22.6 Å². The summed E-state index contributed by atoms with van der Waals surface area (Å²) in [6, 6.07) is 0. The summed E-state index contributed by atoms with van der Waals surface area (Å²) >= 11 is 0. The average Bonchev–Trinajstić information content (AvgIpc) is 2.46. The van der Waals surface area contributed by atoms with Gasteiger partial charge in [-0.15, -0.1) is 5.92 Å². The molecule has 0 atom stereocenters. The fourth-order valence-electron chi connectivity index (χ4n) is 4.34. The zero-order chi connectivity index (χ0) is 20.0. The molecule has 1 aliphatic rings. The topological polar surface area (TPSA) is 32.7 Å². The number of ether oxygens (including phenoxy) is 1. The van der Waals surface area contributed by atoms with Crippen molar-refractivity contribution >= 4 is 0 Å². The lowest BCUT2D eigenvalue weighted by atomic mass is 9.78. The highest BCUT2D eigenvalue weighted by Crippen LogP contribution is 2.38. The number of piperidine rings is 1. The number of aliphatic hydroxyl groups excluding tert-OH is 1. The van der Waals surface area contributed by atoms with E-state index in [1.807, 2.05) is 0 Å². The van der Waals surface area contributed by atoms with Crippen molar-refractivity contribution in [3.8, 4) is 11.8 Å². The predicted octanol–water partition coefficient (Wildman–Crippen LogP) is 5.14. The first-order valence-corrected chi connectivity index (χ1v) is 10.2. The second-order valence-corrected chi connectivity index (χ2v) is 9.62. The van der Waals surface area contributed by atoms with E-state index >= 15 is 0 Å². The molecular weight excluding hydrogens is 322 g/mol. The Morgan fingerprint density at radius 3 is 2.35 bits per heavy atom. The van der Waals surface area contributed by atoms with Gasteiger partial charge in [-0.2, -0.15) is 0 Å². The van der Waals surface area contributed by atoms with Gasteiger partial charge in [-0.3, -0.25) is 4.90 Å². The van der Waals surface area contributed by atoms with Gasteiger partial charge in [-0.1, -0.05) is 19.4 Å². The zero-order valence-corrected chi connectivity index (χ0v) is 18.2. The van der Waals surface area contributed by atoms with Crippen LogP contribution in [0.2, 0.25) is 0 Å². The maximum atomic E-state index is 10.1. The fourth-order valence-corrected chi connectivity index (χ4v) is 4.34. The minimum absolute atomic E-state index is 0.0200. The van der Waals surface area contributed by atoms with Crippen molar-refractivity contribution < 1.29 is 9.84 Å². The highest BCUT2D eigenvalue weighted by Gasteiger charge is 2.44. The molecule has 0 aromatic carbocycles. The van der Waals surface area contributed by atoms with Crippen LogP contribution in [0, 0.1) is 17.3 Å². The fraction of sp³-hybridized carbons (Fsp3) is 0.826. The molecule has 1 N–H and O–H groups in total. The number of hydrogen-bond acceptors (Lipinski definition) is 3. The first-order chi connectivity index (χ1) is 11.9. The Morgan fingerprint density at radius 2 is 1.81 bits per heavy atom. The van der Waals surface area contributed by atoms with Crippen LogP contribution in [0.3, 0.4) is 0 Å². The second-order valence-electron chi connectivity index (χ2n) is 9.62. The van der Waals surface area contributed by atoms with Gasteiger partial charge in [0.2, 0.25) is 0 Å². The summed E-state index contributed by atoms with van der Waals surface area (Å²) in [7, 11) is 0. The third-order valence-corrected chi connectivity index (χ3v) is 5.41. The van der Waals surface area contributed by atoms with E-state index in [0.717, 1.165) is 50.8 Å². The maximum Gasteiger partial charge on any atom is 0.100 e. The molecule has 0 aliphatic carbocycles. The van der Waals surface area contributed by atoms with Crippen molar-refractivity contribution in [2.45, 2.75) is 104 Å². The van der Waals surface area contributed by atoms with E-state index in [9.17, 15) is 5.11 Å². The molecule has 0 bridgehead atoms. The average molecular weight is 364 g/mol. The molecule has 3 nitrogen and oxygen atoms in total. The van der Waals surface area contributed by atoms with Gasteiger partial charge in [0.1, 0.15) is 6.61 Å². The molecule has 0 amide bonds. The number of allylic oxidation sites excluding steroid dienone is 1. The number of rotatable bonds is 8. The summed E-state index contributed by atoms with van der Waals surface area (Å²) in [4.78, 5) is 2.48. The molecule has 26 heavy (non-hydrogen) atoms. The molecule has 1 aliphatic heterocycles. The molecule has 150 valence electrons. The molecule has 0 saturated carbocycles. The van der Waals surface area contributed by atoms with Crippen molar-refractivity contribution in [1.82, 2.24) is 4.90 Å². The van der Waals surface area contributed by atoms with Gasteiger partial charge in [0.05, 0.1) is 11.9 Å². The van der Waals surface area contributed by atoms with Crippen LogP contribution in [-0.4, -0.2) is 40.3 Å². The molecule has 1 saturated heterocycles. The first-order valence-electron chi connectivity index (χ1n) is 10.2. The summed E-state index contributed by atoms with van der Waals surface area (Å²) in [5, 5.41) is 10.1. The van der Waals surface area contributed by atoms with E-state index in [0.29, 0.717) is 6.61 Å². The van der Waals surface area contributed by atoms with Gasteiger partial charge >= 0.3 is 0 Å². The summed E-state index contributed by atoms with van der Waals surface area (Å²) in [6.07, 6.45) is 5.33. The van der Waals surface area contributed by atoms with E-state index in [4.69, 9.17) is 4.74 Å². The molecule has 3 heteroatoms. The first kappa shape index (κ1) is 23.1. The molecule has 0 radical (unpaired) electrons. The van der Waals surface area contributed by atoms with Crippen LogP contribution in [0.15, 0.2) is 12.3 Å². The lowest BCUT2D eigenvalue weighted by Gasteiger charge is -2.54. The number of nitrogens with zero attached hydrogens (tertiary/aromatic N) is 1. The lowest BCUT2D eigenvalue weighted by Crippen LogP contribution is -2.62. The Balaban J connectivity index is 2.39. The van der Waals surface area contributed by atoms with Crippen LogP contribution in [-0.2, 0) is 4.74 Å². The van der Waals surface area contributed by atoms with Crippen LogP contribution in [0.4, 0.5) is 0 Å². The minimum Gasteiger partial charge on any atom is -0.497 e. The highest BCUT2D eigenvalue weighted by atomic mass is 16.5. The zero-order valence-electron chi connectivity index (χ0n) is 18.2. The molecule has 1 rings (SSSR count). The van der Waals surface area contributed by atoms with Crippen molar-refractivity contribution in [1.29, 1.82) is 0 Å². The lowest BCUT2D eigenvalue weighted by molar-refractivity contribution is -0.0874. The maximum absolute atomic E-state index is 10.1. The largest absolute Gasteiger partial charge is 0.497 e. The quantitative estimate of drug-likeness (QED) is 0.479. The van der Waals surface area contributed by atoms with Gasteiger partial charge in [0.15, 0.2) is 0 Å². The van der Waals surface area contributed by atoms with E-state index in [1.165, 1.54) is 0 Å². The standard InChI is InChI=1S/C23H41NO2/c1-9-10-13-21(3,4)14-11-12-19(2)26-16-15-24-22(5,6)17-20(25)18-23(24,7)8/h20,25H,2,9,11-12,14-18H2,1,3-8H3.